The molecule has 72 heavy (non-hydrogen) atoms. The lowest BCUT2D eigenvalue weighted by atomic mass is 9.49. The summed E-state index contributed by atoms with van der Waals surface area (Å²) in [7, 11) is 1.68. The van der Waals surface area contributed by atoms with Crippen LogP contribution in [0.2, 0.25) is 0 Å². The molecule has 8 aliphatic heterocycles. The molecular formula is C63H118O9. The molecule has 0 amide bonds. The van der Waals surface area contributed by atoms with E-state index in [1.165, 1.54) is 122 Å². The Labute approximate surface area is 444 Å². The van der Waals surface area contributed by atoms with Crippen molar-refractivity contribution in [1.82, 2.24) is 0 Å². The number of epoxide rings is 8. The summed E-state index contributed by atoms with van der Waals surface area (Å²) in [5.41, 5.74) is 0.623. The maximum absolute atomic E-state index is 5.62. The first-order valence-electron chi connectivity index (χ1n) is 32.0. The normalized spacial score (nSPS) is 45.7. The summed E-state index contributed by atoms with van der Waals surface area (Å²) in [5.74, 6) is 8.23. The molecule has 22 unspecified atom stereocenters. The van der Waals surface area contributed by atoms with Crippen molar-refractivity contribution in [1.29, 1.82) is 0 Å². The Kier molecular flexibility index (Phi) is 27.2. The predicted octanol–water partition coefficient (Wildman–Crippen LogP) is 15.4. The first kappa shape index (κ1) is 62.5. The molecule has 9 heteroatoms. The van der Waals surface area contributed by atoms with Gasteiger partial charge in [0.1, 0.15) is 6.10 Å². The minimum Gasteiger partial charge on any atom is -0.382 e. The molecule has 0 N–H and O–H groups in total. The number of hydrogen-bond acceptors (Lipinski definition) is 9. The van der Waals surface area contributed by atoms with Crippen molar-refractivity contribution in [3.8, 4) is 0 Å². The van der Waals surface area contributed by atoms with Gasteiger partial charge in [-0.05, 0) is 162 Å². The molecule has 0 aromatic carbocycles. The van der Waals surface area contributed by atoms with Crippen molar-refractivity contribution in [2.75, 3.05) is 26.9 Å². The van der Waals surface area contributed by atoms with Gasteiger partial charge in [0.2, 0.25) is 0 Å². The minimum absolute atomic E-state index is 0.426. The molecule has 9 nitrogen and oxygen atoms in total. The fraction of sp³-hybridized carbons (Fsp3) is 1.00. The Morgan fingerprint density at radius 1 is 0.403 bits per heavy atom. The highest BCUT2D eigenvalue weighted by Crippen LogP contribution is 2.65. The van der Waals surface area contributed by atoms with Crippen LogP contribution in [-0.4, -0.2) is 112 Å². The standard InChI is InChI=1S/C10H14O.C9H14O.C7H10O.C7H12O.C6H10O.C5H8O.C4H8O2.C3H6O.6C2H6/c1-2-6-3-5(1)7-4-8-10(11-8)9(6)7;1-9(2)5-3-6(9)8-7(4-5)10-8;1-2-5-3-4(1)6-7(5)8-6;1-2-4-6-7(8-6)5-3-1;1-2-4-6-5(3-1)7-6;1-2-4-5(3-1)6-4;1-5-2-4-3-6-4;1-3-2-4-3;6*1-2/h5-10H,1-4H2;5-8H,3-4H2,1-2H3;4-7H,1-3H2;6-7H,1-5H2;5-6H,1-4H2;4-5H,1-3H2;4H,2-3H2,1H3;3H,2H2,1H3;6*1-2H3. The van der Waals surface area contributed by atoms with E-state index in [1.807, 2.05) is 83.1 Å². The number of ether oxygens (including phenoxy) is 9. The van der Waals surface area contributed by atoms with Crippen LogP contribution in [0, 0.1) is 52.8 Å². The summed E-state index contributed by atoms with van der Waals surface area (Å²) in [6.45, 7) is 33.5. The van der Waals surface area contributed by atoms with Crippen LogP contribution < -0.4 is 0 Å². The first-order chi connectivity index (χ1) is 35.3. The molecule has 0 aromatic heterocycles. The molecule has 0 aromatic rings. The molecule has 424 valence electrons. The largest absolute Gasteiger partial charge is 0.382 e. The SMILES string of the molecule is C1CC2CC1C1CC3OC3C21.C1CC2CC1C1OC21.C1CC2OC2C1.C1CCC2OC2C1.C1CCC2OC2CC1.CC.CC.CC.CC.CC.CC.CC1(C)C2CC3OC3C1C2.CC1CO1.COCC1CO1. The third-order valence-corrected chi connectivity index (χ3v) is 18.7. The van der Waals surface area contributed by atoms with E-state index in [1.54, 1.807) is 20.0 Å². The lowest BCUT2D eigenvalue weighted by molar-refractivity contribution is -0.0504. The van der Waals surface area contributed by atoms with Crippen LogP contribution in [0.15, 0.2) is 0 Å². The Bertz CT molecular complexity index is 1400. The topological polar surface area (TPSA) is 109 Å². The quantitative estimate of drug-likeness (QED) is 0.250. The summed E-state index contributed by atoms with van der Waals surface area (Å²) in [4.78, 5) is 0. The van der Waals surface area contributed by atoms with Crippen LogP contribution in [0.5, 0.6) is 0 Å². The van der Waals surface area contributed by atoms with Crippen molar-refractivity contribution in [3.63, 3.8) is 0 Å². The highest BCUT2D eigenvalue weighted by molar-refractivity contribution is 5.14. The maximum Gasteiger partial charge on any atom is 0.104 e. The van der Waals surface area contributed by atoms with Gasteiger partial charge in [-0.15, -0.1) is 0 Å². The fourth-order valence-corrected chi connectivity index (χ4v) is 14.4. The maximum atomic E-state index is 5.62. The monoisotopic (exact) mass is 1020 g/mol. The van der Waals surface area contributed by atoms with E-state index in [0.29, 0.717) is 66.5 Å². The molecule has 11 aliphatic carbocycles. The van der Waals surface area contributed by atoms with Gasteiger partial charge in [0.05, 0.1) is 99.2 Å². The second-order valence-electron chi connectivity index (χ2n) is 23.1. The number of fused-ring (bicyclic) bond motifs is 15. The van der Waals surface area contributed by atoms with Crippen molar-refractivity contribution in [2.24, 2.45) is 52.8 Å². The molecule has 6 bridgehead atoms. The van der Waals surface area contributed by atoms with Crippen molar-refractivity contribution in [3.05, 3.63) is 0 Å². The summed E-state index contributed by atoms with van der Waals surface area (Å²) in [6, 6.07) is 0. The van der Waals surface area contributed by atoms with E-state index in [-0.39, 0.29) is 0 Å². The van der Waals surface area contributed by atoms with E-state index in [9.17, 15) is 0 Å². The molecule has 0 radical (unpaired) electrons. The van der Waals surface area contributed by atoms with Gasteiger partial charge < -0.3 is 42.6 Å². The van der Waals surface area contributed by atoms with Gasteiger partial charge >= 0.3 is 0 Å². The molecule has 0 spiro atoms. The minimum atomic E-state index is 0.426. The summed E-state index contributed by atoms with van der Waals surface area (Å²) in [6.07, 6.45) is 39.3. The molecular weight excluding hydrogens is 901 g/mol. The van der Waals surface area contributed by atoms with Crippen LogP contribution >= 0.6 is 0 Å². The lowest BCUT2D eigenvalue weighted by Crippen LogP contribution is -2.51. The molecule has 8 heterocycles. The van der Waals surface area contributed by atoms with Crippen LogP contribution in [-0.2, 0) is 42.6 Å². The van der Waals surface area contributed by atoms with Gasteiger partial charge in [0.25, 0.3) is 0 Å². The molecule has 22 atom stereocenters. The van der Waals surface area contributed by atoms with Crippen LogP contribution in [0.1, 0.15) is 239 Å². The highest BCUT2D eigenvalue weighted by atomic mass is 16.6. The molecule has 8 saturated heterocycles. The Morgan fingerprint density at radius 2 is 0.819 bits per heavy atom. The summed E-state index contributed by atoms with van der Waals surface area (Å²) < 4.78 is 46.7. The zero-order chi connectivity index (χ0) is 52.5. The Balaban J connectivity index is 0.000000150. The average molecular weight is 1020 g/mol. The fourth-order valence-electron chi connectivity index (χ4n) is 14.4. The Morgan fingerprint density at radius 3 is 1.18 bits per heavy atom. The smallest absolute Gasteiger partial charge is 0.104 e. The van der Waals surface area contributed by atoms with Crippen LogP contribution in [0.3, 0.4) is 0 Å². The Hall–Kier alpha value is -0.360. The van der Waals surface area contributed by atoms with Gasteiger partial charge in [-0.2, -0.15) is 0 Å². The van der Waals surface area contributed by atoms with Gasteiger partial charge in [-0.3, -0.25) is 0 Å². The van der Waals surface area contributed by atoms with Crippen molar-refractivity contribution >= 4 is 0 Å². The van der Waals surface area contributed by atoms with Crippen molar-refractivity contribution in [2.45, 2.75) is 324 Å². The number of methoxy groups -OCH3 is 1. The molecule has 19 rings (SSSR count). The van der Waals surface area contributed by atoms with E-state index >= 15 is 0 Å². The van der Waals surface area contributed by atoms with E-state index < -0.39 is 0 Å². The summed E-state index contributed by atoms with van der Waals surface area (Å²) >= 11 is 0. The number of hydrogen-bond donors (Lipinski definition) is 0. The van der Waals surface area contributed by atoms with Gasteiger partial charge in [0, 0.05) is 7.11 Å². The third kappa shape index (κ3) is 17.8. The first-order valence-corrected chi connectivity index (χ1v) is 32.0. The van der Waals surface area contributed by atoms with Gasteiger partial charge in [0.15, 0.2) is 0 Å². The number of rotatable bonds is 2. The van der Waals surface area contributed by atoms with Crippen molar-refractivity contribution < 1.29 is 42.6 Å². The van der Waals surface area contributed by atoms with Gasteiger partial charge in [-0.1, -0.05) is 129 Å². The average Bonchev–Trinajstić information content (AvgIpc) is 4.23. The molecule has 19 aliphatic rings. The zero-order valence-electron chi connectivity index (χ0n) is 49.8. The zero-order valence-corrected chi connectivity index (χ0v) is 49.8. The van der Waals surface area contributed by atoms with E-state index in [2.05, 4.69) is 20.8 Å². The van der Waals surface area contributed by atoms with E-state index in [0.717, 1.165) is 91.6 Å². The molecule has 11 saturated carbocycles. The predicted molar refractivity (Wildman–Crippen MR) is 296 cm³/mol. The molecule has 19 fully saturated rings. The van der Waals surface area contributed by atoms with Crippen LogP contribution in [0.25, 0.3) is 0 Å². The van der Waals surface area contributed by atoms with Crippen LogP contribution in [0.4, 0.5) is 0 Å². The second kappa shape index (κ2) is 31.3. The second-order valence-corrected chi connectivity index (χ2v) is 23.1. The highest BCUT2D eigenvalue weighted by Gasteiger charge is 2.66. The van der Waals surface area contributed by atoms with Gasteiger partial charge in [-0.25, -0.2) is 0 Å². The summed E-state index contributed by atoms with van der Waals surface area (Å²) in [5, 5.41) is 0. The lowest BCUT2D eigenvalue weighted by Gasteiger charge is -2.54. The van der Waals surface area contributed by atoms with E-state index in [4.69, 9.17) is 42.6 Å². The third-order valence-electron chi connectivity index (χ3n) is 18.7.